The average Bonchev–Trinajstić information content (AvgIpc) is 2.57. The molecule has 138 valence electrons. The van der Waals surface area contributed by atoms with Crippen molar-refractivity contribution < 1.29 is 19.1 Å². The van der Waals surface area contributed by atoms with Crippen LogP contribution in [0.1, 0.15) is 47.9 Å². The van der Waals surface area contributed by atoms with Gasteiger partial charge < -0.3 is 9.47 Å². The lowest BCUT2D eigenvalue weighted by atomic mass is 9.85. The van der Waals surface area contributed by atoms with E-state index >= 15 is 0 Å². The van der Waals surface area contributed by atoms with Crippen LogP contribution in [0.5, 0.6) is 0 Å². The maximum Gasteiger partial charge on any atom is 0.309 e. The van der Waals surface area contributed by atoms with Crippen molar-refractivity contribution in [2.45, 2.75) is 52.9 Å². The summed E-state index contributed by atoms with van der Waals surface area (Å²) in [5.74, 6) is -0.0603. The highest BCUT2D eigenvalue weighted by Crippen LogP contribution is 2.27. The van der Waals surface area contributed by atoms with Gasteiger partial charge in [-0.15, -0.1) is 0 Å². The molecule has 1 atom stereocenters. The number of benzene rings is 1. The molecule has 2 rings (SSSR count). The zero-order valence-electron chi connectivity index (χ0n) is 15.9. The van der Waals surface area contributed by atoms with Gasteiger partial charge in [0.2, 0.25) is 0 Å². The lowest BCUT2D eigenvalue weighted by Gasteiger charge is -2.25. The van der Waals surface area contributed by atoms with Gasteiger partial charge in [-0.05, 0) is 62.6 Å². The highest BCUT2D eigenvalue weighted by atomic mass is 16.5. The zero-order chi connectivity index (χ0) is 18.4. The van der Waals surface area contributed by atoms with Crippen molar-refractivity contribution >= 4 is 11.8 Å². The van der Waals surface area contributed by atoms with Gasteiger partial charge in [0.05, 0.1) is 13.0 Å². The molecule has 0 N–H and O–H groups in total. The van der Waals surface area contributed by atoms with Gasteiger partial charge in [-0.1, -0.05) is 17.7 Å². The van der Waals surface area contributed by atoms with Crippen molar-refractivity contribution in [2.75, 3.05) is 20.3 Å². The number of Topliss-reactive ketones (excluding diaryl/α,β-unsaturated/α-hetero) is 1. The van der Waals surface area contributed by atoms with Gasteiger partial charge in [0.25, 0.3) is 0 Å². The third kappa shape index (κ3) is 5.67. The standard InChI is InChI=1S/C21H30O4/c1-14-9-15(2)20(16(3)10-14)13-19(22)12-18(21(23)24-4)11-17-5-7-25-8-6-17/h9-10,17-18H,5-8,11-13H2,1-4H3. The molecule has 1 heterocycles. The lowest BCUT2D eigenvalue weighted by molar-refractivity contribution is -0.148. The van der Waals surface area contributed by atoms with E-state index in [1.165, 1.54) is 12.7 Å². The number of hydrogen-bond acceptors (Lipinski definition) is 4. The molecule has 0 aliphatic carbocycles. The first-order valence-corrected chi connectivity index (χ1v) is 9.14. The first-order valence-electron chi connectivity index (χ1n) is 9.14. The number of aryl methyl sites for hydroxylation is 3. The maximum atomic E-state index is 12.6. The maximum absolute atomic E-state index is 12.6. The molecule has 4 heteroatoms. The van der Waals surface area contributed by atoms with Crippen molar-refractivity contribution in [3.05, 3.63) is 34.4 Å². The predicted molar refractivity (Wildman–Crippen MR) is 97.6 cm³/mol. The van der Waals surface area contributed by atoms with Gasteiger partial charge in [0, 0.05) is 26.1 Å². The molecule has 4 nitrogen and oxygen atoms in total. The second kappa shape index (κ2) is 9.14. The molecule has 0 spiro atoms. The number of carbonyl (C=O) groups is 2. The predicted octanol–water partition coefficient (Wildman–Crippen LogP) is 3.72. The fourth-order valence-electron chi connectivity index (χ4n) is 3.85. The number of carbonyl (C=O) groups excluding carboxylic acids is 2. The van der Waals surface area contributed by atoms with Crippen LogP contribution in [0.4, 0.5) is 0 Å². The first-order chi connectivity index (χ1) is 11.9. The number of esters is 1. The van der Waals surface area contributed by atoms with Crippen LogP contribution in [0.2, 0.25) is 0 Å². The van der Waals surface area contributed by atoms with E-state index < -0.39 is 0 Å². The Labute approximate surface area is 150 Å². The molecule has 1 aliphatic rings. The van der Waals surface area contributed by atoms with Crippen LogP contribution in [-0.2, 0) is 25.5 Å². The van der Waals surface area contributed by atoms with E-state index in [0.29, 0.717) is 18.8 Å². The Morgan fingerprint density at radius 1 is 1.16 bits per heavy atom. The minimum absolute atomic E-state index is 0.109. The molecule has 1 unspecified atom stereocenters. The molecule has 0 amide bonds. The molecular weight excluding hydrogens is 316 g/mol. The monoisotopic (exact) mass is 346 g/mol. The van der Waals surface area contributed by atoms with E-state index in [2.05, 4.69) is 19.1 Å². The van der Waals surface area contributed by atoms with E-state index in [-0.39, 0.29) is 24.1 Å². The zero-order valence-corrected chi connectivity index (χ0v) is 15.9. The average molecular weight is 346 g/mol. The third-order valence-electron chi connectivity index (χ3n) is 5.18. The minimum atomic E-state index is -0.341. The van der Waals surface area contributed by atoms with Gasteiger partial charge in [0.15, 0.2) is 0 Å². The van der Waals surface area contributed by atoms with Gasteiger partial charge in [-0.25, -0.2) is 0 Å². The Balaban J connectivity index is 2.02. The summed E-state index contributed by atoms with van der Waals surface area (Å²) in [6.45, 7) is 7.64. The molecule has 0 aromatic heterocycles. The smallest absolute Gasteiger partial charge is 0.309 e. The Bertz CT molecular complexity index is 591. The van der Waals surface area contributed by atoms with Crippen LogP contribution in [0.15, 0.2) is 12.1 Å². The van der Waals surface area contributed by atoms with Gasteiger partial charge in [0.1, 0.15) is 5.78 Å². The Kier molecular flexibility index (Phi) is 7.18. The second-order valence-electron chi connectivity index (χ2n) is 7.31. The summed E-state index contributed by atoms with van der Waals surface area (Å²) in [5, 5.41) is 0. The van der Waals surface area contributed by atoms with Crippen molar-refractivity contribution in [1.29, 1.82) is 0 Å². The fraction of sp³-hybridized carbons (Fsp3) is 0.619. The van der Waals surface area contributed by atoms with Crippen molar-refractivity contribution in [2.24, 2.45) is 11.8 Å². The SMILES string of the molecule is COC(=O)C(CC(=O)Cc1c(C)cc(C)cc1C)CC1CCOCC1. The van der Waals surface area contributed by atoms with Crippen molar-refractivity contribution in [3.8, 4) is 0 Å². The molecule has 25 heavy (non-hydrogen) atoms. The second-order valence-corrected chi connectivity index (χ2v) is 7.31. The van der Waals surface area contributed by atoms with E-state index in [9.17, 15) is 9.59 Å². The molecule has 0 saturated carbocycles. The lowest BCUT2D eigenvalue weighted by Crippen LogP contribution is -2.26. The normalized spacial score (nSPS) is 16.5. The molecular formula is C21H30O4. The van der Waals surface area contributed by atoms with Gasteiger partial charge in [-0.3, -0.25) is 9.59 Å². The van der Waals surface area contributed by atoms with Crippen LogP contribution in [0.25, 0.3) is 0 Å². The molecule has 1 fully saturated rings. The highest BCUT2D eigenvalue weighted by molar-refractivity contribution is 5.86. The van der Waals surface area contributed by atoms with E-state index in [1.54, 1.807) is 0 Å². The minimum Gasteiger partial charge on any atom is -0.469 e. The van der Waals surface area contributed by atoms with Crippen LogP contribution in [-0.4, -0.2) is 32.1 Å². The first kappa shape index (κ1) is 19.6. The highest BCUT2D eigenvalue weighted by Gasteiger charge is 2.27. The van der Waals surface area contributed by atoms with Crippen molar-refractivity contribution in [3.63, 3.8) is 0 Å². The van der Waals surface area contributed by atoms with Crippen LogP contribution in [0.3, 0.4) is 0 Å². The van der Waals surface area contributed by atoms with E-state index in [1.807, 2.05) is 13.8 Å². The number of ether oxygens (including phenoxy) is 2. The summed E-state index contributed by atoms with van der Waals surface area (Å²) >= 11 is 0. The molecule has 1 aliphatic heterocycles. The summed E-state index contributed by atoms with van der Waals surface area (Å²) in [5.41, 5.74) is 4.58. The molecule has 1 aromatic rings. The quantitative estimate of drug-likeness (QED) is 0.706. The number of hydrogen-bond donors (Lipinski definition) is 0. The Hall–Kier alpha value is -1.68. The number of methoxy groups -OCH3 is 1. The molecule has 1 saturated heterocycles. The number of rotatable bonds is 7. The Morgan fingerprint density at radius 3 is 2.32 bits per heavy atom. The van der Waals surface area contributed by atoms with Gasteiger partial charge >= 0.3 is 5.97 Å². The third-order valence-corrected chi connectivity index (χ3v) is 5.18. The van der Waals surface area contributed by atoms with Gasteiger partial charge in [-0.2, -0.15) is 0 Å². The molecule has 0 radical (unpaired) electrons. The molecule has 0 bridgehead atoms. The Morgan fingerprint density at radius 2 is 1.76 bits per heavy atom. The van der Waals surface area contributed by atoms with Crippen LogP contribution in [0, 0.1) is 32.6 Å². The fourth-order valence-corrected chi connectivity index (χ4v) is 3.85. The summed E-state index contributed by atoms with van der Waals surface area (Å²) in [7, 11) is 1.40. The number of ketones is 1. The van der Waals surface area contributed by atoms with E-state index in [4.69, 9.17) is 9.47 Å². The summed E-state index contributed by atoms with van der Waals surface area (Å²) in [4.78, 5) is 24.8. The van der Waals surface area contributed by atoms with Crippen LogP contribution < -0.4 is 0 Å². The molecule has 1 aromatic carbocycles. The van der Waals surface area contributed by atoms with Crippen molar-refractivity contribution in [1.82, 2.24) is 0 Å². The van der Waals surface area contributed by atoms with Crippen LogP contribution >= 0.6 is 0 Å². The summed E-state index contributed by atoms with van der Waals surface area (Å²) in [6, 6.07) is 4.21. The topological polar surface area (TPSA) is 52.6 Å². The summed E-state index contributed by atoms with van der Waals surface area (Å²) in [6.07, 6.45) is 3.28. The summed E-state index contributed by atoms with van der Waals surface area (Å²) < 4.78 is 10.3. The van der Waals surface area contributed by atoms with E-state index in [0.717, 1.165) is 42.7 Å². The largest absolute Gasteiger partial charge is 0.469 e.